The first kappa shape index (κ1) is 16.9. The number of hydrogen-bond donors (Lipinski definition) is 1. The fourth-order valence-electron chi connectivity index (χ4n) is 2.57. The predicted octanol–water partition coefficient (Wildman–Crippen LogP) is 1.42. The molecule has 1 N–H and O–H groups in total. The van der Waals surface area contributed by atoms with Crippen LogP contribution in [0.3, 0.4) is 0 Å². The zero-order chi connectivity index (χ0) is 13.9. The largest absolute Gasteiger partial charge is 0.383 e. The highest BCUT2D eigenvalue weighted by molar-refractivity contribution is 4.75. The van der Waals surface area contributed by atoms with Gasteiger partial charge in [-0.2, -0.15) is 0 Å². The highest BCUT2D eigenvalue weighted by Gasteiger charge is 2.19. The summed E-state index contributed by atoms with van der Waals surface area (Å²) in [6.07, 6.45) is 3.85. The molecule has 19 heavy (non-hydrogen) atoms. The maximum absolute atomic E-state index is 5.01. The van der Waals surface area contributed by atoms with Crippen molar-refractivity contribution < 1.29 is 4.74 Å². The monoisotopic (exact) mass is 271 g/mol. The van der Waals surface area contributed by atoms with Crippen LogP contribution in [0.5, 0.6) is 0 Å². The van der Waals surface area contributed by atoms with Gasteiger partial charge in [-0.25, -0.2) is 0 Å². The molecule has 1 fully saturated rings. The van der Waals surface area contributed by atoms with Gasteiger partial charge in [-0.3, -0.25) is 4.90 Å². The van der Waals surface area contributed by atoms with Crippen molar-refractivity contribution in [2.24, 2.45) is 0 Å². The minimum Gasteiger partial charge on any atom is -0.383 e. The molecule has 1 aliphatic rings. The van der Waals surface area contributed by atoms with Gasteiger partial charge in [0.05, 0.1) is 6.61 Å². The Bertz CT molecular complexity index is 206. The van der Waals surface area contributed by atoms with Crippen LogP contribution in [0.4, 0.5) is 0 Å². The molecule has 1 heterocycles. The summed E-state index contributed by atoms with van der Waals surface area (Å²) in [6, 6.07) is 0.757. The van der Waals surface area contributed by atoms with Crippen molar-refractivity contribution in [2.75, 3.05) is 59.5 Å². The lowest BCUT2D eigenvalue weighted by molar-refractivity contribution is 0.0995. The minimum absolute atomic E-state index is 0.757. The summed E-state index contributed by atoms with van der Waals surface area (Å²) >= 11 is 0. The molecule has 0 bridgehead atoms. The van der Waals surface area contributed by atoms with E-state index in [9.17, 15) is 0 Å². The maximum atomic E-state index is 5.01. The summed E-state index contributed by atoms with van der Waals surface area (Å²) in [5.41, 5.74) is 0. The molecule has 0 saturated carbocycles. The normalized spacial score (nSPS) is 19.7. The molecular weight excluding hydrogens is 238 g/mol. The Morgan fingerprint density at radius 3 is 2.47 bits per heavy atom. The number of piperazine rings is 1. The number of nitrogens with one attached hydrogen (secondary N) is 1. The maximum Gasteiger partial charge on any atom is 0.0587 e. The van der Waals surface area contributed by atoms with Gasteiger partial charge in [0.1, 0.15) is 0 Å². The van der Waals surface area contributed by atoms with E-state index in [1.54, 1.807) is 7.11 Å². The molecule has 0 amide bonds. The second-order valence-electron chi connectivity index (χ2n) is 5.58. The van der Waals surface area contributed by atoms with Crippen LogP contribution in [0.25, 0.3) is 0 Å². The lowest BCUT2D eigenvalue weighted by Crippen LogP contribution is -2.49. The van der Waals surface area contributed by atoms with E-state index in [0.29, 0.717) is 0 Å². The van der Waals surface area contributed by atoms with Gasteiger partial charge in [0, 0.05) is 45.9 Å². The van der Waals surface area contributed by atoms with E-state index in [4.69, 9.17) is 4.74 Å². The van der Waals surface area contributed by atoms with E-state index < -0.39 is 0 Å². The smallest absolute Gasteiger partial charge is 0.0587 e. The fraction of sp³-hybridized carbons (Fsp3) is 1.00. The highest BCUT2D eigenvalue weighted by Crippen LogP contribution is 2.09. The van der Waals surface area contributed by atoms with Crippen LogP contribution in [-0.2, 0) is 4.74 Å². The van der Waals surface area contributed by atoms with Gasteiger partial charge in [-0.05, 0) is 39.3 Å². The first-order valence-corrected chi connectivity index (χ1v) is 7.94. The standard InChI is InChI=1S/C15H33N3O/c1-4-15(2)18-12-10-17(11-13-18)9-6-5-7-16-8-14-19-3/h15-16H,4-14H2,1-3H3. The van der Waals surface area contributed by atoms with E-state index in [1.165, 1.54) is 52.0 Å². The second-order valence-corrected chi connectivity index (χ2v) is 5.58. The summed E-state index contributed by atoms with van der Waals surface area (Å²) in [4.78, 5) is 5.25. The van der Waals surface area contributed by atoms with Gasteiger partial charge in [0.25, 0.3) is 0 Å². The minimum atomic E-state index is 0.757. The summed E-state index contributed by atoms with van der Waals surface area (Å²) < 4.78 is 5.01. The lowest BCUT2D eigenvalue weighted by atomic mass is 10.2. The Hall–Kier alpha value is -0.160. The van der Waals surface area contributed by atoms with Gasteiger partial charge in [0.15, 0.2) is 0 Å². The Morgan fingerprint density at radius 2 is 1.84 bits per heavy atom. The van der Waals surface area contributed by atoms with Crippen LogP contribution in [0.1, 0.15) is 33.1 Å². The molecular formula is C15H33N3O. The molecule has 1 saturated heterocycles. The SMILES string of the molecule is CCC(C)N1CCN(CCCCNCCOC)CC1. The molecule has 0 spiro atoms. The highest BCUT2D eigenvalue weighted by atomic mass is 16.5. The Morgan fingerprint density at radius 1 is 1.11 bits per heavy atom. The fourth-order valence-corrected chi connectivity index (χ4v) is 2.57. The van der Waals surface area contributed by atoms with Gasteiger partial charge in [0.2, 0.25) is 0 Å². The van der Waals surface area contributed by atoms with Crippen LogP contribution in [-0.4, -0.2) is 75.4 Å². The molecule has 0 aromatic rings. The molecule has 1 atom stereocenters. The average Bonchev–Trinajstić information content (AvgIpc) is 2.46. The zero-order valence-electron chi connectivity index (χ0n) is 13.2. The van der Waals surface area contributed by atoms with E-state index in [2.05, 4.69) is 29.0 Å². The molecule has 0 aromatic heterocycles. The predicted molar refractivity (Wildman–Crippen MR) is 81.7 cm³/mol. The van der Waals surface area contributed by atoms with Crippen molar-refractivity contribution in [1.82, 2.24) is 15.1 Å². The van der Waals surface area contributed by atoms with Gasteiger partial charge in [-0.15, -0.1) is 0 Å². The molecule has 0 radical (unpaired) electrons. The molecule has 0 aromatic carbocycles. The average molecular weight is 271 g/mol. The van der Waals surface area contributed by atoms with Crippen molar-refractivity contribution in [3.05, 3.63) is 0 Å². The molecule has 4 nitrogen and oxygen atoms in total. The van der Waals surface area contributed by atoms with E-state index in [0.717, 1.165) is 25.7 Å². The third kappa shape index (κ3) is 7.25. The van der Waals surface area contributed by atoms with Gasteiger partial charge in [-0.1, -0.05) is 6.92 Å². The van der Waals surface area contributed by atoms with Crippen molar-refractivity contribution in [2.45, 2.75) is 39.2 Å². The first-order valence-electron chi connectivity index (χ1n) is 7.94. The van der Waals surface area contributed by atoms with Crippen LogP contribution in [0.2, 0.25) is 0 Å². The number of rotatable bonds is 10. The summed E-state index contributed by atoms with van der Waals surface area (Å²) in [5.74, 6) is 0. The summed E-state index contributed by atoms with van der Waals surface area (Å²) in [5, 5.41) is 3.40. The van der Waals surface area contributed by atoms with Crippen LogP contribution in [0, 0.1) is 0 Å². The Labute approximate surface area is 119 Å². The van der Waals surface area contributed by atoms with Crippen LogP contribution in [0.15, 0.2) is 0 Å². The van der Waals surface area contributed by atoms with E-state index in [1.807, 2.05) is 0 Å². The lowest BCUT2D eigenvalue weighted by Gasteiger charge is -2.37. The molecule has 0 aliphatic carbocycles. The van der Waals surface area contributed by atoms with Crippen molar-refractivity contribution >= 4 is 0 Å². The van der Waals surface area contributed by atoms with Crippen molar-refractivity contribution in [3.8, 4) is 0 Å². The molecule has 1 rings (SSSR count). The first-order chi connectivity index (χ1) is 9.27. The third-order valence-electron chi connectivity index (χ3n) is 4.18. The number of nitrogens with zero attached hydrogens (tertiary/aromatic N) is 2. The third-order valence-corrected chi connectivity index (χ3v) is 4.18. The van der Waals surface area contributed by atoms with Crippen molar-refractivity contribution in [3.63, 3.8) is 0 Å². The van der Waals surface area contributed by atoms with E-state index in [-0.39, 0.29) is 0 Å². The number of hydrogen-bond acceptors (Lipinski definition) is 4. The topological polar surface area (TPSA) is 27.7 Å². The Kier molecular flexibility index (Phi) is 9.43. The van der Waals surface area contributed by atoms with Gasteiger partial charge < -0.3 is 15.0 Å². The zero-order valence-corrected chi connectivity index (χ0v) is 13.2. The van der Waals surface area contributed by atoms with Crippen LogP contribution < -0.4 is 5.32 Å². The summed E-state index contributed by atoms with van der Waals surface area (Å²) in [7, 11) is 1.75. The number of unbranched alkanes of at least 4 members (excludes halogenated alkanes) is 1. The number of methoxy groups -OCH3 is 1. The van der Waals surface area contributed by atoms with Crippen molar-refractivity contribution in [1.29, 1.82) is 0 Å². The van der Waals surface area contributed by atoms with Crippen LogP contribution >= 0.6 is 0 Å². The van der Waals surface area contributed by atoms with Gasteiger partial charge >= 0.3 is 0 Å². The molecule has 1 aliphatic heterocycles. The summed E-state index contributed by atoms with van der Waals surface area (Å²) in [6.45, 7) is 13.8. The van der Waals surface area contributed by atoms with E-state index >= 15 is 0 Å². The quantitative estimate of drug-likeness (QED) is 0.608. The molecule has 1 unspecified atom stereocenters. The Balaban J connectivity index is 1.95. The number of ether oxygens (including phenoxy) is 1. The second kappa shape index (κ2) is 10.6. The molecule has 114 valence electrons. The molecule has 4 heteroatoms.